The van der Waals surface area contributed by atoms with Crippen LogP contribution in [0.3, 0.4) is 0 Å². The average molecular weight is 303 g/mol. The minimum Gasteiger partial charge on any atom is -0.339 e. The lowest BCUT2D eigenvalue weighted by Gasteiger charge is -2.36. The molecule has 1 heterocycles. The summed E-state index contributed by atoms with van der Waals surface area (Å²) >= 11 is 0. The predicted octanol–water partition coefficient (Wildman–Crippen LogP) is 3.37. The smallest absolute Gasteiger partial charge is 0.225 e. The molecule has 4 heteroatoms. The van der Waals surface area contributed by atoms with E-state index >= 15 is 0 Å². The van der Waals surface area contributed by atoms with Crippen molar-refractivity contribution in [2.24, 2.45) is 5.92 Å². The van der Waals surface area contributed by atoms with E-state index in [4.69, 9.17) is 0 Å². The number of carbonyl (C=O) groups excluding carboxylic acids is 1. The highest BCUT2D eigenvalue weighted by Gasteiger charge is 2.30. The van der Waals surface area contributed by atoms with Crippen molar-refractivity contribution in [3.8, 4) is 0 Å². The monoisotopic (exact) mass is 302 g/mol. The van der Waals surface area contributed by atoms with Crippen LogP contribution in [0.2, 0.25) is 0 Å². The molecule has 0 aromatic heterocycles. The third kappa shape index (κ3) is 4.92. The minimum atomic E-state index is 0. The van der Waals surface area contributed by atoms with E-state index in [-0.39, 0.29) is 12.4 Å². The van der Waals surface area contributed by atoms with Gasteiger partial charge in [0.25, 0.3) is 0 Å². The van der Waals surface area contributed by atoms with Crippen LogP contribution >= 0.6 is 12.4 Å². The van der Waals surface area contributed by atoms with Gasteiger partial charge in [-0.05, 0) is 45.2 Å². The zero-order valence-corrected chi connectivity index (χ0v) is 13.7. The maximum Gasteiger partial charge on any atom is 0.225 e. The third-order valence-corrected chi connectivity index (χ3v) is 4.70. The van der Waals surface area contributed by atoms with Crippen LogP contribution in [0, 0.1) is 5.92 Å². The van der Waals surface area contributed by atoms with Crippen molar-refractivity contribution in [1.29, 1.82) is 0 Å². The second-order valence-corrected chi connectivity index (χ2v) is 6.20. The molecule has 1 N–H and O–H groups in total. The Kier molecular flexibility index (Phi) is 8.55. The molecular formula is C16H31ClN2O. The van der Waals surface area contributed by atoms with E-state index < -0.39 is 0 Å². The molecule has 0 spiro atoms. The molecule has 118 valence electrons. The van der Waals surface area contributed by atoms with Crippen molar-refractivity contribution in [3.63, 3.8) is 0 Å². The summed E-state index contributed by atoms with van der Waals surface area (Å²) in [6.45, 7) is 5.29. The molecule has 0 bridgehead atoms. The van der Waals surface area contributed by atoms with E-state index in [2.05, 4.69) is 17.1 Å². The van der Waals surface area contributed by atoms with E-state index in [1.807, 2.05) is 0 Å². The molecule has 1 aliphatic heterocycles. The molecule has 0 aromatic rings. The number of amides is 1. The first-order valence-electron chi connectivity index (χ1n) is 8.34. The lowest BCUT2D eigenvalue weighted by molar-refractivity contribution is -0.139. The molecule has 2 fully saturated rings. The Balaban J connectivity index is 0.00000200. The molecule has 2 aliphatic rings. The van der Waals surface area contributed by atoms with Crippen molar-refractivity contribution in [1.82, 2.24) is 10.2 Å². The van der Waals surface area contributed by atoms with Gasteiger partial charge in [-0.1, -0.05) is 32.6 Å². The summed E-state index contributed by atoms with van der Waals surface area (Å²) in [7, 11) is 0. The van der Waals surface area contributed by atoms with Crippen LogP contribution in [0.4, 0.5) is 0 Å². The van der Waals surface area contributed by atoms with Crippen LogP contribution < -0.4 is 5.32 Å². The van der Waals surface area contributed by atoms with Gasteiger partial charge in [0, 0.05) is 18.5 Å². The Morgan fingerprint density at radius 3 is 2.20 bits per heavy atom. The van der Waals surface area contributed by atoms with E-state index in [0.29, 0.717) is 17.9 Å². The van der Waals surface area contributed by atoms with E-state index in [9.17, 15) is 4.79 Å². The van der Waals surface area contributed by atoms with Gasteiger partial charge in [-0.15, -0.1) is 12.4 Å². The topological polar surface area (TPSA) is 32.3 Å². The highest BCUT2D eigenvalue weighted by atomic mass is 35.5. The van der Waals surface area contributed by atoms with Gasteiger partial charge in [-0.2, -0.15) is 0 Å². The number of rotatable bonds is 4. The molecular weight excluding hydrogens is 272 g/mol. The Morgan fingerprint density at radius 1 is 1.05 bits per heavy atom. The molecule has 1 saturated heterocycles. The highest BCUT2D eigenvalue weighted by molar-refractivity contribution is 5.85. The molecule has 1 amide bonds. The van der Waals surface area contributed by atoms with E-state index in [1.165, 1.54) is 25.7 Å². The number of nitrogens with one attached hydrogen (secondary N) is 1. The van der Waals surface area contributed by atoms with Crippen LogP contribution in [-0.2, 0) is 4.79 Å². The van der Waals surface area contributed by atoms with Crippen LogP contribution in [0.5, 0.6) is 0 Å². The number of halogens is 1. The van der Waals surface area contributed by atoms with Crippen molar-refractivity contribution in [2.45, 2.75) is 70.8 Å². The second-order valence-electron chi connectivity index (χ2n) is 6.20. The summed E-state index contributed by atoms with van der Waals surface area (Å²) in [6.07, 6.45) is 10.8. The second kappa shape index (κ2) is 9.62. The maximum atomic E-state index is 12.8. The molecule has 1 aliphatic carbocycles. The first-order valence-corrected chi connectivity index (χ1v) is 8.34. The number of nitrogens with zero attached hydrogens (tertiary/aromatic N) is 1. The van der Waals surface area contributed by atoms with Gasteiger partial charge in [0.2, 0.25) is 5.91 Å². The lowest BCUT2D eigenvalue weighted by atomic mass is 9.96. The van der Waals surface area contributed by atoms with Gasteiger partial charge in [0.15, 0.2) is 0 Å². The fourth-order valence-electron chi connectivity index (χ4n) is 3.59. The Morgan fingerprint density at radius 2 is 1.65 bits per heavy atom. The summed E-state index contributed by atoms with van der Waals surface area (Å²) in [5.41, 5.74) is 0. The molecule has 2 rings (SSSR count). The molecule has 1 saturated carbocycles. The van der Waals surface area contributed by atoms with E-state index in [1.54, 1.807) is 0 Å². The molecule has 20 heavy (non-hydrogen) atoms. The van der Waals surface area contributed by atoms with Gasteiger partial charge >= 0.3 is 0 Å². The third-order valence-electron chi connectivity index (χ3n) is 4.70. The van der Waals surface area contributed by atoms with Crippen LogP contribution in [0.15, 0.2) is 0 Å². The summed E-state index contributed by atoms with van der Waals surface area (Å²) in [6, 6.07) is 0.497. The quantitative estimate of drug-likeness (QED) is 0.808. The number of hydrogen-bond donors (Lipinski definition) is 1. The molecule has 0 unspecified atom stereocenters. The summed E-state index contributed by atoms with van der Waals surface area (Å²) in [5, 5.41) is 3.40. The minimum absolute atomic E-state index is 0. The first-order chi connectivity index (χ1) is 9.33. The lowest BCUT2D eigenvalue weighted by Crippen LogP contribution is -2.48. The highest BCUT2D eigenvalue weighted by Crippen LogP contribution is 2.26. The fraction of sp³-hybridized carbons (Fsp3) is 0.938. The summed E-state index contributed by atoms with van der Waals surface area (Å²) < 4.78 is 0. The number of hydrogen-bond acceptors (Lipinski definition) is 2. The van der Waals surface area contributed by atoms with Crippen LogP contribution in [-0.4, -0.2) is 36.5 Å². The van der Waals surface area contributed by atoms with Crippen LogP contribution in [0.1, 0.15) is 64.7 Å². The molecule has 0 aromatic carbocycles. The number of carbonyl (C=O) groups is 1. The summed E-state index contributed by atoms with van der Waals surface area (Å²) in [5.74, 6) is 0.791. The van der Waals surface area contributed by atoms with Gasteiger partial charge in [0.1, 0.15) is 0 Å². The number of piperidine rings is 1. The summed E-state index contributed by atoms with van der Waals surface area (Å²) in [4.78, 5) is 15.1. The Hall–Kier alpha value is -0.280. The van der Waals surface area contributed by atoms with Crippen LogP contribution in [0.25, 0.3) is 0 Å². The van der Waals surface area contributed by atoms with Crippen molar-refractivity contribution >= 4 is 18.3 Å². The van der Waals surface area contributed by atoms with Gasteiger partial charge in [-0.3, -0.25) is 4.79 Å². The SMILES string of the molecule is CCCN(C(=O)C1CCCCCC1)C1CCNCC1.Cl. The Labute approximate surface area is 130 Å². The van der Waals surface area contributed by atoms with Crippen molar-refractivity contribution in [2.75, 3.05) is 19.6 Å². The maximum absolute atomic E-state index is 12.8. The molecule has 0 radical (unpaired) electrons. The molecule has 0 atom stereocenters. The van der Waals surface area contributed by atoms with Gasteiger partial charge < -0.3 is 10.2 Å². The zero-order valence-electron chi connectivity index (χ0n) is 12.9. The molecule has 3 nitrogen and oxygen atoms in total. The van der Waals surface area contributed by atoms with Crippen molar-refractivity contribution in [3.05, 3.63) is 0 Å². The fourth-order valence-corrected chi connectivity index (χ4v) is 3.59. The average Bonchev–Trinajstić information content (AvgIpc) is 2.74. The van der Waals surface area contributed by atoms with Crippen molar-refractivity contribution < 1.29 is 4.79 Å². The normalized spacial score (nSPS) is 21.9. The predicted molar refractivity (Wildman–Crippen MR) is 86.3 cm³/mol. The zero-order chi connectivity index (χ0) is 13.5. The van der Waals surface area contributed by atoms with E-state index in [0.717, 1.165) is 51.7 Å². The Bertz CT molecular complexity index is 272. The standard InChI is InChI=1S/C16H30N2O.ClH/c1-2-13-18(15-9-11-17-12-10-15)16(19)14-7-5-3-4-6-8-14;/h14-15,17H,2-13H2,1H3;1H. The van der Waals surface area contributed by atoms with Gasteiger partial charge in [0.05, 0.1) is 0 Å². The van der Waals surface area contributed by atoms with Gasteiger partial charge in [-0.25, -0.2) is 0 Å². The first kappa shape index (κ1) is 17.8. The largest absolute Gasteiger partial charge is 0.339 e.